The van der Waals surface area contributed by atoms with Gasteiger partial charge in [-0.2, -0.15) is 0 Å². The Labute approximate surface area is 134 Å². The number of nitrogens with one attached hydrogen (secondary N) is 1. The van der Waals surface area contributed by atoms with Gasteiger partial charge in [-0.3, -0.25) is 10.1 Å². The van der Waals surface area contributed by atoms with Crippen LogP contribution in [0.5, 0.6) is 5.88 Å². The Kier molecular flexibility index (Phi) is 6.27. The number of pyridine rings is 1. The van der Waals surface area contributed by atoms with Crippen molar-refractivity contribution in [2.24, 2.45) is 0 Å². The minimum Gasteiger partial charge on any atom is -0.477 e. The van der Waals surface area contributed by atoms with Crippen molar-refractivity contribution in [2.45, 2.75) is 39.5 Å². The van der Waals surface area contributed by atoms with Gasteiger partial charge in [0.15, 0.2) is 0 Å². The minimum absolute atomic E-state index is 0.284. The Morgan fingerprint density at radius 1 is 1.32 bits per heavy atom. The number of ether oxygens (including phenoxy) is 1. The van der Waals surface area contributed by atoms with E-state index in [1.54, 1.807) is 18.3 Å². The van der Waals surface area contributed by atoms with E-state index in [2.05, 4.69) is 27.4 Å². The normalized spacial score (nSPS) is 10.5. The number of hydrogen-bond acceptors (Lipinski definition) is 6. The van der Waals surface area contributed by atoms with E-state index in [0.717, 1.165) is 17.8 Å². The van der Waals surface area contributed by atoms with Crippen molar-refractivity contribution in [2.75, 3.05) is 11.9 Å². The van der Waals surface area contributed by atoms with Crippen LogP contribution in [0.1, 0.15) is 48.5 Å². The highest BCUT2D eigenvalue weighted by molar-refractivity contribution is 7.15. The number of carbonyl (C=O) groups is 1. The molecule has 0 saturated carbocycles. The molecule has 7 heteroatoms. The topological polar surface area (TPSA) is 77.0 Å². The maximum atomic E-state index is 12.3. The van der Waals surface area contributed by atoms with E-state index in [9.17, 15) is 4.79 Å². The fourth-order valence-corrected chi connectivity index (χ4v) is 2.69. The van der Waals surface area contributed by atoms with Crippen LogP contribution in [0, 0.1) is 0 Å². The number of nitrogens with zero attached hydrogens (tertiary/aromatic N) is 3. The lowest BCUT2D eigenvalue weighted by atomic mass is 10.2. The van der Waals surface area contributed by atoms with Crippen LogP contribution in [0.2, 0.25) is 0 Å². The number of hydrogen-bond donors (Lipinski definition) is 1. The van der Waals surface area contributed by atoms with E-state index in [1.807, 2.05) is 6.92 Å². The zero-order valence-electron chi connectivity index (χ0n) is 12.8. The van der Waals surface area contributed by atoms with Crippen molar-refractivity contribution >= 4 is 22.4 Å². The van der Waals surface area contributed by atoms with Crippen molar-refractivity contribution in [3.63, 3.8) is 0 Å². The van der Waals surface area contributed by atoms with Crippen LogP contribution in [0.4, 0.5) is 5.13 Å². The maximum absolute atomic E-state index is 12.3. The van der Waals surface area contributed by atoms with Gasteiger partial charge in [0.05, 0.1) is 6.61 Å². The molecule has 0 aliphatic rings. The van der Waals surface area contributed by atoms with E-state index in [0.29, 0.717) is 23.2 Å². The lowest BCUT2D eigenvalue weighted by Crippen LogP contribution is -2.14. The van der Waals surface area contributed by atoms with Gasteiger partial charge in [0.2, 0.25) is 11.0 Å². The van der Waals surface area contributed by atoms with Crippen LogP contribution in [-0.2, 0) is 6.42 Å². The monoisotopic (exact) mass is 320 g/mol. The number of rotatable bonds is 8. The first kappa shape index (κ1) is 16.4. The fourth-order valence-electron chi connectivity index (χ4n) is 1.91. The molecule has 0 bridgehead atoms. The summed E-state index contributed by atoms with van der Waals surface area (Å²) in [5, 5.41) is 12.3. The molecule has 118 valence electrons. The molecule has 0 atom stereocenters. The second-order valence-electron chi connectivity index (χ2n) is 4.70. The van der Waals surface area contributed by atoms with E-state index >= 15 is 0 Å². The summed E-state index contributed by atoms with van der Waals surface area (Å²) in [5.41, 5.74) is 0.395. The van der Waals surface area contributed by atoms with Gasteiger partial charge in [-0.25, -0.2) is 4.98 Å². The van der Waals surface area contributed by atoms with Gasteiger partial charge >= 0.3 is 0 Å². The first-order chi connectivity index (χ1) is 10.7. The molecule has 0 spiro atoms. The van der Waals surface area contributed by atoms with E-state index in [4.69, 9.17) is 4.74 Å². The molecule has 0 aromatic carbocycles. The molecule has 1 amide bonds. The molecule has 0 radical (unpaired) electrons. The Morgan fingerprint density at radius 2 is 2.18 bits per heavy atom. The highest BCUT2D eigenvalue weighted by atomic mass is 32.1. The molecule has 2 aromatic rings. The van der Waals surface area contributed by atoms with Gasteiger partial charge in [-0.1, -0.05) is 31.1 Å². The summed E-state index contributed by atoms with van der Waals surface area (Å²) >= 11 is 1.41. The van der Waals surface area contributed by atoms with Crippen molar-refractivity contribution in [1.29, 1.82) is 0 Å². The van der Waals surface area contributed by atoms with Crippen molar-refractivity contribution in [1.82, 2.24) is 15.2 Å². The predicted octanol–water partition coefficient (Wildman–Crippen LogP) is 3.32. The molecule has 0 aliphatic heterocycles. The van der Waals surface area contributed by atoms with Crippen molar-refractivity contribution in [3.8, 4) is 5.88 Å². The molecule has 2 rings (SSSR count). The summed E-state index contributed by atoms with van der Waals surface area (Å²) in [7, 11) is 0. The van der Waals surface area contributed by atoms with E-state index in [-0.39, 0.29) is 5.91 Å². The number of carbonyl (C=O) groups excluding carboxylic acids is 1. The molecule has 2 aromatic heterocycles. The molecule has 2 heterocycles. The summed E-state index contributed by atoms with van der Waals surface area (Å²) in [5.74, 6) is 0.0444. The molecule has 1 N–H and O–H groups in total. The van der Waals surface area contributed by atoms with Crippen LogP contribution in [0.15, 0.2) is 18.3 Å². The average molecular weight is 320 g/mol. The zero-order valence-corrected chi connectivity index (χ0v) is 13.7. The standard InChI is InChI=1S/C15H20N4O2S/c1-3-5-6-9-12-18-19-15(22-12)17-13(20)11-8-7-10-16-14(11)21-4-2/h7-8,10H,3-6,9H2,1-2H3,(H,17,19,20). The molecule has 6 nitrogen and oxygen atoms in total. The third-order valence-electron chi connectivity index (χ3n) is 2.98. The number of aromatic nitrogens is 3. The van der Waals surface area contributed by atoms with Crippen LogP contribution in [0.3, 0.4) is 0 Å². The largest absolute Gasteiger partial charge is 0.477 e. The Hall–Kier alpha value is -2.02. The zero-order chi connectivity index (χ0) is 15.8. The molecule has 0 aliphatic carbocycles. The van der Waals surface area contributed by atoms with Crippen LogP contribution in [0.25, 0.3) is 0 Å². The third-order valence-corrected chi connectivity index (χ3v) is 3.88. The summed E-state index contributed by atoms with van der Waals surface area (Å²) in [6, 6.07) is 3.38. The summed E-state index contributed by atoms with van der Waals surface area (Å²) < 4.78 is 5.36. The van der Waals surface area contributed by atoms with E-state index < -0.39 is 0 Å². The fraction of sp³-hybridized carbons (Fsp3) is 0.467. The minimum atomic E-state index is -0.284. The Bertz CT molecular complexity index is 615. The lowest BCUT2D eigenvalue weighted by Gasteiger charge is -2.07. The van der Waals surface area contributed by atoms with Gasteiger partial charge in [0.25, 0.3) is 5.91 Å². The van der Waals surface area contributed by atoms with Gasteiger partial charge in [-0.15, -0.1) is 10.2 Å². The highest BCUT2D eigenvalue weighted by Gasteiger charge is 2.15. The van der Waals surface area contributed by atoms with Gasteiger partial charge in [0.1, 0.15) is 10.6 Å². The third kappa shape index (κ3) is 4.49. The molecule has 0 unspecified atom stereocenters. The summed E-state index contributed by atoms with van der Waals surface area (Å²) in [4.78, 5) is 16.4. The SMILES string of the molecule is CCCCCc1nnc(NC(=O)c2cccnc2OCC)s1. The summed E-state index contributed by atoms with van der Waals surface area (Å²) in [6.07, 6.45) is 5.94. The first-order valence-electron chi connectivity index (χ1n) is 7.46. The second kappa shape index (κ2) is 8.43. The molecule has 22 heavy (non-hydrogen) atoms. The quantitative estimate of drug-likeness (QED) is 0.755. The van der Waals surface area contributed by atoms with Crippen molar-refractivity contribution < 1.29 is 9.53 Å². The molecular weight excluding hydrogens is 300 g/mol. The number of unbranched alkanes of at least 4 members (excludes halogenated alkanes) is 2. The van der Waals surface area contributed by atoms with Crippen LogP contribution in [-0.4, -0.2) is 27.7 Å². The molecule has 0 saturated heterocycles. The highest BCUT2D eigenvalue weighted by Crippen LogP contribution is 2.20. The smallest absolute Gasteiger partial charge is 0.262 e. The van der Waals surface area contributed by atoms with Crippen molar-refractivity contribution in [3.05, 3.63) is 28.9 Å². The lowest BCUT2D eigenvalue weighted by molar-refractivity contribution is 0.102. The van der Waals surface area contributed by atoms with Gasteiger partial charge in [0, 0.05) is 12.6 Å². The number of anilines is 1. The Morgan fingerprint density at radius 3 is 2.95 bits per heavy atom. The van der Waals surface area contributed by atoms with Gasteiger partial charge < -0.3 is 4.74 Å². The molecule has 0 fully saturated rings. The maximum Gasteiger partial charge on any atom is 0.262 e. The van der Waals surface area contributed by atoms with Crippen LogP contribution < -0.4 is 10.1 Å². The predicted molar refractivity (Wildman–Crippen MR) is 86.5 cm³/mol. The summed E-state index contributed by atoms with van der Waals surface area (Å²) in [6.45, 7) is 4.47. The van der Waals surface area contributed by atoms with E-state index in [1.165, 1.54) is 24.2 Å². The second-order valence-corrected chi connectivity index (χ2v) is 5.76. The van der Waals surface area contributed by atoms with Crippen LogP contribution >= 0.6 is 11.3 Å². The Balaban J connectivity index is 2.00. The average Bonchev–Trinajstić information content (AvgIpc) is 2.96. The number of amides is 1. The van der Waals surface area contributed by atoms with Gasteiger partial charge in [-0.05, 0) is 25.5 Å². The molecular formula is C15H20N4O2S. The number of aryl methyl sites for hydroxylation is 1. The first-order valence-corrected chi connectivity index (χ1v) is 8.27.